The molecule has 98 valence electrons. The number of carbonyl (C=O) groups excluding carboxylic acids is 1. The Morgan fingerprint density at radius 3 is 2.63 bits per heavy atom. The number of halogens is 1. The van der Waals surface area contributed by atoms with E-state index in [-0.39, 0.29) is 11.5 Å². The number of hydrazone groups is 1. The molecular weight excluding hydrogens is 247 g/mol. The molecule has 1 amide bonds. The van der Waals surface area contributed by atoms with Gasteiger partial charge in [-0.1, -0.05) is 12.1 Å². The largest absolute Gasteiger partial charge is 0.291 e. The van der Waals surface area contributed by atoms with Crippen molar-refractivity contribution in [2.45, 2.75) is 13.8 Å². The highest BCUT2D eigenvalue weighted by molar-refractivity contribution is 6.00. The molecule has 0 aliphatic carbocycles. The van der Waals surface area contributed by atoms with Crippen LogP contribution in [0.1, 0.15) is 28.7 Å². The minimum absolute atomic E-state index is 0.271. The van der Waals surface area contributed by atoms with Gasteiger partial charge in [-0.3, -0.25) is 9.89 Å². The molecule has 0 spiro atoms. The van der Waals surface area contributed by atoms with Gasteiger partial charge in [-0.15, -0.1) is 0 Å². The number of rotatable bonds is 3. The van der Waals surface area contributed by atoms with Crippen LogP contribution in [0.25, 0.3) is 0 Å². The predicted octanol–water partition coefficient (Wildman–Crippen LogP) is 2.01. The molecule has 0 atom stereocenters. The standard InChI is InChI=1S/C13H13FN4O/c1-8-7-12(17-15-8)13(19)18-16-9(2)10-3-5-11(14)6-4-10/h3-7H,1-2H3,(H,15,17)(H,18,19)/b16-9+. The van der Waals surface area contributed by atoms with Gasteiger partial charge in [0, 0.05) is 5.69 Å². The Bertz CT molecular complexity index is 616. The maximum absolute atomic E-state index is 12.8. The quantitative estimate of drug-likeness (QED) is 0.654. The van der Waals surface area contributed by atoms with E-state index in [0.717, 1.165) is 11.3 Å². The van der Waals surface area contributed by atoms with Crippen molar-refractivity contribution in [1.29, 1.82) is 0 Å². The predicted molar refractivity (Wildman–Crippen MR) is 69.4 cm³/mol. The summed E-state index contributed by atoms with van der Waals surface area (Å²) >= 11 is 0. The van der Waals surface area contributed by atoms with Gasteiger partial charge >= 0.3 is 0 Å². The number of hydrogen-bond donors (Lipinski definition) is 2. The van der Waals surface area contributed by atoms with Crippen LogP contribution in [-0.2, 0) is 0 Å². The van der Waals surface area contributed by atoms with Crippen molar-refractivity contribution in [1.82, 2.24) is 15.6 Å². The first-order valence-corrected chi connectivity index (χ1v) is 5.69. The van der Waals surface area contributed by atoms with Crippen LogP contribution in [0.5, 0.6) is 0 Å². The topological polar surface area (TPSA) is 70.1 Å². The molecule has 0 fully saturated rings. The van der Waals surface area contributed by atoms with E-state index in [4.69, 9.17) is 0 Å². The molecule has 5 nitrogen and oxygen atoms in total. The molecule has 0 aliphatic heterocycles. The van der Waals surface area contributed by atoms with Crippen LogP contribution in [0.3, 0.4) is 0 Å². The summed E-state index contributed by atoms with van der Waals surface area (Å²) in [6, 6.07) is 7.50. The second-order valence-corrected chi connectivity index (χ2v) is 4.08. The van der Waals surface area contributed by atoms with E-state index in [0.29, 0.717) is 5.71 Å². The molecule has 2 N–H and O–H groups in total. The zero-order chi connectivity index (χ0) is 13.8. The lowest BCUT2D eigenvalue weighted by Gasteiger charge is -2.01. The van der Waals surface area contributed by atoms with Crippen LogP contribution < -0.4 is 5.43 Å². The number of nitrogens with zero attached hydrogens (tertiary/aromatic N) is 2. The number of aromatic amines is 1. The molecule has 2 rings (SSSR count). The lowest BCUT2D eigenvalue weighted by atomic mass is 10.1. The second-order valence-electron chi connectivity index (χ2n) is 4.08. The van der Waals surface area contributed by atoms with E-state index >= 15 is 0 Å². The van der Waals surface area contributed by atoms with Crippen LogP contribution in [-0.4, -0.2) is 21.8 Å². The van der Waals surface area contributed by atoms with Gasteiger partial charge in [-0.25, -0.2) is 9.82 Å². The average Bonchev–Trinajstić information content (AvgIpc) is 2.83. The summed E-state index contributed by atoms with van der Waals surface area (Å²) in [6.07, 6.45) is 0. The minimum Gasteiger partial charge on any atom is -0.282 e. The summed E-state index contributed by atoms with van der Waals surface area (Å²) in [7, 11) is 0. The molecule has 1 aromatic heterocycles. The van der Waals surface area contributed by atoms with Crippen molar-refractivity contribution < 1.29 is 9.18 Å². The SMILES string of the molecule is C/C(=N\NC(=O)c1cc(C)[nH]n1)c1ccc(F)cc1. The van der Waals surface area contributed by atoms with Crippen molar-refractivity contribution >= 4 is 11.6 Å². The maximum atomic E-state index is 12.8. The van der Waals surface area contributed by atoms with Gasteiger partial charge in [-0.05, 0) is 37.6 Å². The Hall–Kier alpha value is -2.50. The van der Waals surface area contributed by atoms with Crippen LogP contribution in [0.15, 0.2) is 35.4 Å². The zero-order valence-electron chi connectivity index (χ0n) is 10.6. The number of benzene rings is 1. The number of nitrogens with one attached hydrogen (secondary N) is 2. The molecular formula is C13H13FN4O. The van der Waals surface area contributed by atoms with Crippen LogP contribution in [0.2, 0.25) is 0 Å². The van der Waals surface area contributed by atoms with Crippen molar-refractivity contribution in [3.8, 4) is 0 Å². The van der Waals surface area contributed by atoms with Crippen LogP contribution in [0, 0.1) is 12.7 Å². The fraction of sp³-hybridized carbons (Fsp3) is 0.154. The summed E-state index contributed by atoms with van der Waals surface area (Å²) < 4.78 is 12.8. The number of amides is 1. The summed E-state index contributed by atoms with van der Waals surface area (Å²) in [5.74, 6) is -0.710. The first-order chi connectivity index (χ1) is 9.06. The highest BCUT2D eigenvalue weighted by atomic mass is 19.1. The van der Waals surface area contributed by atoms with Crippen molar-refractivity contribution in [2.24, 2.45) is 5.10 Å². The van der Waals surface area contributed by atoms with Gasteiger partial charge in [0.1, 0.15) is 5.82 Å². The summed E-state index contributed by atoms with van der Waals surface area (Å²) in [4.78, 5) is 11.7. The summed E-state index contributed by atoms with van der Waals surface area (Å²) in [5.41, 5.74) is 4.79. The third-order valence-corrected chi connectivity index (χ3v) is 2.53. The van der Waals surface area contributed by atoms with Gasteiger partial charge in [0.25, 0.3) is 5.91 Å². The molecule has 1 heterocycles. The van der Waals surface area contributed by atoms with E-state index in [1.54, 1.807) is 32.0 Å². The fourth-order valence-corrected chi connectivity index (χ4v) is 1.48. The summed E-state index contributed by atoms with van der Waals surface area (Å²) in [5, 5.41) is 10.4. The Morgan fingerprint density at radius 1 is 1.37 bits per heavy atom. The molecule has 2 aromatic rings. The minimum atomic E-state index is -0.397. The fourth-order valence-electron chi connectivity index (χ4n) is 1.48. The number of H-pyrrole nitrogens is 1. The van der Waals surface area contributed by atoms with E-state index in [9.17, 15) is 9.18 Å². The van der Waals surface area contributed by atoms with Gasteiger partial charge in [0.15, 0.2) is 5.69 Å². The number of aromatic nitrogens is 2. The smallest absolute Gasteiger partial charge is 0.282 e. The molecule has 0 radical (unpaired) electrons. The molecule has 19 heavy (non-hydrogen) atoms. The third-order valence-electron chi connectivity index (χ3n) is 2.53. The van der Waals surface area contributed by atoms with E-state index in [1.165, 1.54) is 12.1 Å². The monoisotopic (exact) mass is 260 g/mol. The third kappa shape index (κ3) is 3.25. The lowest BCUT2D eigenvalue weighted by molar-refractivity contribution is 0.0950. The molecule has 0 unspecified atom stereocenters. The molecule has 6 heteroatoms. The molecule has 0 saturated carbocycles. The average molecular weight is 260 g/mol. The van der Waals surface area contributed by atoms with Crippen molar-refractivity contribution in [2.75, 3.05) is 0 Å². The van der Waals surface area contributed by atoms with Gasteiger partial charge in [0.2, 0.25) is 0 Å². The highest BCUT2D eigenvalue weighted by Crippen LogP contribution is 2.04. The maximum Gasteiger partial charge on any atom is 0.291 e. The molecule has 1 aromatic carbocycles. The van der Waals surface area contributed by atoms with Crippen molar-refractivity contribution in [3.63, 3.8) is 0 Å². The van der Waals surface area contributed by atoms with E-state index < -0.39 is 5.91 Å². The number of hydrogen-bond acceptors (Lipinski definition) is 3. The summed E-state index contributed by atoms with van der Waals surface area (Å²) in [6.45, 7) is 3.53. The first-order valence-electron chi connectivity index (χ1n) is 5.69. The van der Waals surface area contributed by atoms with E-state index in [1.807, 2.05) is 0 Å². The Labute approximate surface area is 109 Å². The van der Waals surface area contributed by atoms with Crippen molar-refractivity contribution in [3.05, 3.63) is 53.1 Å². The first kappa shape index (κ1) is 12.9. The lowest BCUT2D eigenvalue weighted by Crippen LogP contribution is -2.19. The number of carbonyl (C=O) groups is 1. The Morgan fingerprint density at radius 2 is 2.05 bits per heavy atom. The Kier molecular flexibility index (Phi) is 3.70. The normalized spacial score (nSPS) is 11.4. The molecule has 0 saturated heterocycles. The molecule has 0 bridgehead atoms. The molecule has 0 aliphatic rings. The van der Waals surface area contributed by atoms with Crippen LogP contribution in [0.4, 0.5) is 4.39 Å². The van der Waals surface area contributed by atoms with E-state index in [2.05, 4.69) is 20.7 Å². The Balaban J connectivity index is 2.06. The van der Waals surface area contributed by atoms with Gasteiger partial charge < -0.3 is 0 Å². The van der Waals surface area contributed by atoms with Crippen LogP contribution >= 0.6 is 0 Å². The van der Waals surface area contributed by atoms with Gasteiger partial charge in [0.05, 0.1) is 5.71 Å². The number of aryl methyl sites for hydroxylation is 1. The highest BCUT2D eigenvalue weighted by Gasteiger charge is 2.08. The zero-order valence-corrected chi connectivity index (χ0v) is 10.6. The van der Waals surface area contributed by atoms with Gasteiger partial charge in [-0.2, -0.15) is 10.2 Å². The second kappa shape index (κ2) is 5.43.